The molecule has 28 heavy (non-hydrogen) atoms. The smallest absolute Gasteiger partial charge is 0.219 e. The molecule has 1 amide bonds. The summed E-state index contributed by atoms with van der Waals surface area (Å²) in [5, 5.41) is 8.07. The van der Waals surface area contributed by atoms with Crippen molar-refractivity contribution >= 4 is 22.8 Å². The molecule has 0 radical (unpaired) electrons. The molecule has 0 atom stereocenters. The van der Waals surface area contributed by atoms with Crippen molar-refractivity contribution in [2.24, 2.45) is 4.99 Å². The summed E-state index contributed by atoms with van der Waals surface area (Å²) in [6.45, 7) is 9.91. The average molecular weight is 385 g/mol. The highest BCUT2D eigenvalue weighted by Gasteiger charge is 2.17. The van der Waals surface area contributed by atoms with Crippen molar-refractivity contribution < 1.29 is 4.79 Å². The highest BCUT2D eigenvalue weighted by molar-refractivity contribution is 5.84. The number of fused-ring (bicyclic) bond motifs is 1. The molecule has 0 aliphatic carbocycles. The Labute approximate surface area is 167 Å². The Morgan fingerprint density at radius 3 is 2.64 bits per heavy atom. The number of carbonyl (C=O) groups is 1. The van der Waals surface area contributed by atoms with Gasteiger partial charge >= 0.3 is 0 Å². The number of aliphatic imine (C=N–C) groups is 1. The van der Waals surface area contributed by atoms with Gasteiger partial charge in [0.2, 0.25) is 5.91 Å². The number of piperazine rings is 1. The van der Waals surface area contributed by atoms with Gasteiger partial charge in [0.25, 0.3) is 0 Å². The number of guanidine groups is 1. The van der Waals surface area contributed by atoms with E-state index in [9.17, 15) is 4.79 Å². The summed E-state index contributed by atoms with van der Waals surface area (Å²) in [5.74, 6) is 1.01. The molecule has 152 valence electrons. The van der Waals surface area contributed by atoms with Crippen molar-refractivity contribution in [3.8, 4) is 0 Å². The molecule has 3 rings (SSSR count). The summed E-state index contributed by atoms with van der Waals surface area (Å²) in [5.41, 5.74) is 3.79. The zero-order valence-corrected chi connectivity index (χ0v) is 17.2. The molecular formula is C21H32N6O. The van der Waals surface area contributed by atoms with Crippen molar-refractivity contribution in [3.63, 3.8) is 0 Å². The van der Waals surface area contributed by atoms with Gasteiger partial charge in [-0.1, -0.05) is 12.1 Å². The Morgan fingerprint density at radius 1 is 1.18 bits per heavy atom. The standard InChI is InChI=1S/C21H32N6O/c1-16-4-5-19-18(15-25-20(19)14-16)6-7-23-21(22-3)24-8-9-26-10-12-27(13-11-26)17(2)28/h4-5,14-15,25H,6-13H2,1-3H3,(H2,22,23,24). The average Bonchev–Trinajstić information content (AvgIpc) is 3.09. The largest absolute Gasteiger partial charge is 0.361 e. The first-order valence-electron chi connectivity index (χ1n) is 10.1. The number of amides is 1. The van der Waals surface area contributed by atoms with E-state index < -0.39 is 0 Å². The van der Waals surface area contributed by atoms with E-state index in [2.05, 4.69) is 56.8 Å². The number of hydrogen-bond acceptors (Lipinski definition) is 3. The van der Waals surface area contributed by atoms with Gasteiger partial charge in [-0.2, -0.15) is 0 Å². The molecule has 0 spiro atoms. The maximum absolute atomic E-state index is 11.4. The van der Waals surface area contributed by atoms with Crippen LogP contribution in [0.1, 0.15) is 18.1 Å². The van der Waals surface area contributed by atoms with Crippen LogP contribution in [0.5, 0.6) is 0 Å². The highest BCUT2D eigenvalue weighted by atomic mass is 16.2. The Balaban J connectivity index is 1.37. The van der Waals surface area contributed by atoms with Crippen LogP contribution in [0.4, 0.5) is 0 Å². The number of benzene rings is 1. The molecule has 2 aromatic rings. The van der Waals surface area contributed by atoms with E-state index in [0.717, 1.165) is 58.2 Å². The Hall–Kier alpha value is -2.54. The highest BCUT2D eigenvalue weighted by Crippen LogP contribution is 2.19. The summed E-state index contributed by atoms with van der Waals surface area (Å²) >= 11 is 0. The molecule has 1 fully saturated rings. The zero-order chi connectivity index (χ0) is 19.9. The molecular weight excluding hydrogens is 352 g/mol. The third-order valence-corrected chi connectivity index (χ3v) is 5.37. The first-order valence-corrected chi connectivity index (χ1v) is 10.1. The second-order valence-electron chi connectivity index (χ2n) is 7.39. The third kappa shape index (κ3) is 5.25. The molecule has 7 nitrogen and oxygen atoms in total. The van der Waals surface area contributed by atoms with E-state index >= 15 is 0 Å². The minimum absolute atomic E-state index is 0.174. The molecule has 1 aromatic heterocycles. The minimum Gasteiger partial charge on any atom is -0.361 e. The number of hydrogen-bond donors (Lipinski definition) is 3. The second-order valence-corrected chi connectivity index (χ2v) is 7.39. The van der Waals surface area contributed by atoms with Crippen LogP contribution in [0, 0.1) is 6.92 Å². The lowest BCUT2D eigenvalue weighted by atomic mass is 10.1. The summed E-state index contributed by atoms with van der Waals surface area (Å²) in [7, 11) is 1.80. The number of aryl methyl sites for hydroxylation is 1. The van der Waals surface area contributed by atoms with Gasteiger partial charge in [0.15, 0.2) is 5.96 Å². The van der Waals surface area contributed by atoms with Gasteiger partial charge < -0.3 is 20.5 Å². The molecule has 2 heterocycles. The summed E-state index contributed by atoms with van der Waals surface area (Å²) in [6.07, 6.45) is 3.04. The first kappa shape index (κ1) is 20.2. The van der Waals surface area contributed by atoms with E-state index in [0.29, 0.717) is 0 Å². The van der Waals surface area contributed by atoms with Gasteiger partial charge in [-0.25, -0.2) is 0 Å². The third-order valence-electron chi connectivity index (χ3n) is 5.37. The van der Waals surface area contributed by atoms with Crippen LogP contribution in [0.3, 0.4) is 0 Å². The Bertz CT molecular complexity index is 819. The van der Waals surface area contributed by atoms with Crippen LogP contribution in [-0.4, -0.2) is 79.5 Å². The van der Waals surface area contributed by atoms with Crippen LogP contribution >= 0.6 is 0 Å². The maximum Gasteiger partial charge on any atom is 0.219 e. The Morgan fingerprint density at radius 2 is 1.93 bits per heavy atom. The van der Waals surface area contributed by atoms with E-state index in [4.69, 9.17) is 0 Å². The lowest BCUT2D eigenvalue weighted by Gasteiger charge is -2.34. The van der Waals surface area contributed by atoms with Gasteiger partial charge in [0.1, 0.15) is 0 Å². The minimum atomic E-state index is 0.174. The molecule has 0 unspecified atom stereocenters. The normalized spacial score (nSPS) is 15.8. The molecule has 1 aliphatic heterocycles. The summed E-state index contributed by atoms with van der Waals surface area (Å²) < 4.78 is 0. The Kier molecular flexibility index (Phi) is 6.92. The SMILES string of the molecule is CN=C(NCCc1c[nH]c2cc(C)ccc12)NCCN1CCN(C(C)=O)CC1. The van der Waals surface area contributed by atoms with Crippen molar-refractivity contribution in [2.45, 2.75) is 20.3 Å². The van der Waals surface area contributed by atoms with Gasteiger partial charge in [0, 0.05) is 76.9 Å². The number of nitrogens with zero attached hydrogens (tertiary/aromatic N) is 3. The van der Waals surface area contributed by atoms with Crippen molar-refractivity contribution in [2.75, 3.05) is 52.9 Å². The van der Waals surface area contributed by atoms with Crippen LogP contribution in [0.2, 0.25) is 0 Å². The fourth-order valence-electron chi connectivity index (χ4n) is 3.66. The second kappa shape index (κ2) is 9.59. The summed E-state index contributed by atoms with van der Waals surface area (Å²) in [4.78, 5) is 23.4. The number of aromatic amines is 1. The van der Waals surface area contributed by atoms with E-state index in [1.54, 1.807) is 14.0 Å². The van der Waals surface area contributed by atoms with E-state index in [1.165, 1.54) is 22.0 Å². The quantitative estimate of drug-likeness (QED) is 0.519. The lowest BCUT2D eigenvalue weighted by molar-refractivity contribution is -0.130. The first-order chi connectivity index (χ1) is 13.6. The molecule has 0 bridgehead atoms. The number of H-pyrrole nitrogens is 1. The number of aromatic nitrogens is 1. The monoisotopic (exact) mass is 384 g/mol. The fourth-order valence-corrected chi connectivity index (χ4v) is 3.66. The van der Waals surface area contributed by atoms with Crippen LogP contribution in [0.25, 0.3) is 10.9 Å². The van der Waals surface area contributed by atoms with Crippen LogP contribution < -0.4 is 10.6 Å². The predicted molar refractivity (Wildman–Crippen MR) is 115 cm³/mol. The van der Waals surface area contributed by atoms with E-state index in [1.807, 2.05) is 4.90 Å². The van der Waals surface area contributed by atoms with Crippen LogP contribution in [-0.2, 0) is 11.2 Å². The molecule has 0 saturated carbocycles. The van der Waals surface area contributed by atoms with E-state index in [-0.39, 0.29) is 5.91 Å². The molecule has 1 saturated heterocycles. The predicted octanol–water partition coefficient (Wildman–Crippen LogP) is 1.35. The zero-order valence-electron chi connectivity index (χ0n) is 17.2. The number of nitrogens with one attached hydrogen (secondary N) is 3. The molecule has 1 aromatic carbocycles. The lowest BCUT2D eigenvalue weighted by Crippen LogP contribution is -2.50. The van der Waals surface area contributed by atoms with Gasteiger partial charge in [-0.3, -0.25) is 14.7 Å². The molecule has 1 aliphatic rings. The topological polar surface area (TPSA) is 75.8 Å². The summed E-state index contributed by atoms with van der Waals surface area (Å²) in [6, 6.07) is 6.53. The molecule has 7 heteroatoms. The van der Waals surface area contributed by atoms with Crippen molar-refractivity contribution in [3.05, 3.63) is 35.5 Å². The van der Waals surface area contributed by atoms with Crippen LogP contribution in [0.15, 0.2) is 29.4 Å². The number of carbonyl (C=O) groups excluding carboxylic acids is 1. The molecule has 3 N–H and O–H groups in total. The fraction of sp³-hybridized carbons (Fsp3) is 0.524. The van der Waals surface area contributed by atoms with Gasteiger partial charge in [-0.15, -0.1) is 0 Å². The van der Waals surface area contributed by atoms with Gasteiger partial charge in [-0.05, 0) is 30.5 Å². The van der Waals surface area contributed by atoms with Crippen molar-refractivity contribution in [1.82, 2.24) is 25.4 Å². The van der Waals surface area contributed by atoms with Gasteiger partial charge in [0.05, 0.1) is 0 Å². The maximum atomic E-state index is 11.4. The van der Waals surface area contributed by atoms with Crippen molar-refractivity contribution in [1.29, 1.82) is 0 Å². The number of rotatable bonds is 6.